The number of carboxylic acid groups (broad SMARTS) is 2. The molecular formula is C31H30F2N8O6. The minimum Gasteiger partial charge on any atom is -0.478 e. The molecule has 2 heterocycles. The third kappa shape index (κ3) is 8.58. The van der Waals surface area contributed by atoms with Gasteiger partial charge in [-0.25, -0.2) is 23.4 Å². The van der Waals surface area contributed by atoms with Gasteiger partial charge in [-0.15, -0.1) is 0 Å². The van der Waals surface area contributed by atoms with E-state index >= 15 is 0 Å². The lowest BCUT2D eigenvalue weighted by atomic mass is 9.99. The first-order chi connectivity index (χ1) is 22.5. The molecule has 0 saturated heterocycles. The first-order valence-electron chi connectivity index (χ1n) is 14.1. The Kier molecular flexibility index (Phi) is 11.0. The highest BCUT2D eigenvalue weighted by molar-refractivity contribution is 6.47. The van der Waals surface area contributed by atoms with Crippen molar-refractivity contribution in [2.45, 2.75) is 25.3 Å². The van der Waals surface area contributed by atoms with Crippen molar-refractivity contribution in [2.24, 2.45) is 15.8 Å². The van der Waals surface area contributed by atoms with E-state index in [1.807, 2.05) is 0 Å². The number of aryl methyl sites for hydroxylation is 2. The monoisotopic (exact) mass is 648 g/mol. The number of hydrogen-bond acceptors (Lipinski definition) is 9. The van der Waals surface area contributed by atoms with Crippen molar-refractivity contribution in [3.8, 4) is 0 Å². The van der Waals surface area contributed by atoms with Crippen LogP contribution in [-0.4, -0.2) is 74.7 Å². The average Bonchev–Trinajstić information content (AvgIpc) is 3.58. The Balaban J connectivity index is 1.48. The number of amides is 2. The van der Waals surface area contributed by atoms with E-state index in [1.165, 1.54) is 43.7 Å². The predicted molar refractivity (Wildman–Crippen MR) is 169 cm³/mol. The minimum absolute atomic E-state index is 0.00680. The quantitative estimate of drug-likeness (QED) is 0.126. The van der Waals surface area contributed by atoms with Crippen molar-refractivity contribution in [3.63, 3.8) is 0 Å². The van der Waals surface area contributed by atoms with Crippen LogP contribution in [0.3, 0.4) is 0 Å². The van der Waals surface area contributed by atoms with Crippen LogP contribution in [0.4, 0.5) is 20.2 Å². The Hall–Kier alpha value is -6.03. The second-order valence-electron chi connectivity index (χ2n) is 10.1. The summed E-state index contributed by atoms with van der Waals surface area (Å²) in [6, 6.07) is 2.67. The zero-order chi connectivity index (χ0) is 34.1. The lowest BCUT2D eigenvalue weighted by molar-refractivity contribution is -0.116. The highest BCUT2D eigenvalue weighted by Gasteiger charge is 2.21. The lowest BCUT2D eigenvalue weighted by Gasteiger charge is -2.15. The number of nitrogens with two attached hydrogens (primary N) is 1. The maximum absolute atomic E-state index is 15.0. The van der Waals surface area contributed by atoms with Gasteiger partial charge in [0, 0.05) is 19.4 Å². The maximum atomic E-state index is 15.0. The Labute approximate surface area is 266 Å². The maximum Gasteiger partial charge on any atom is 0.337 e. The van der Waals surface area contributed by atoms with Crippen LogP contribution in [0, 0.1) is 11.6 Å². The van der Waals surface area contributed by atoms with Crippen molar-refractivity contribution >= 4 is 46.7 Å². The Bertz CT molecular complexity index is 1820. The van der Waals surface area contributed by atoms with E-state index in [-0.39, 0.29) is 47.5 Å². The van der Waals surface area contributed by atoms with Gasteiger partial charge in [0.25, 0.3) is 5.91 Å². The first kappa shape index (κ1) is 33.9. The van der Waals surface area contributed by atoms with Crippen molar-refractivity contribution in [1.82, 2.24) is 15.0 Å². The zero-order valence-corrected chi connectivity index (χ0v) is 24.9. The number of carbonyl (C=O) groups excluding carboxylic acids is 2. The molecule has 2 aromatic carbocycles. The van der Waals surface area contributed by atoms with E-state index < -0.39 is 52.6 Å². The highest BCUT2D eigenvalue weighted by atomic mass is 19.1. The van der Waals surface area contributed by atoms with Gasteiger partial charge in [0.15, 0.2) is 0 Å². The van der Waals surface area contributed by atoms with Crippen LogP contribution < -0.4 is 21.8 Å². The number of rotatable bonds is 12. The molecule has 14 nitrogen and oxygen atoms in total. The summed E-state index contributed by atoms with van der Waals surface area (Å²) in [4.78, 5) is 57.0. The number of halogens is 2. The fourth-order valence-electron chi connectivity index (χ4n) is 4.52. The van der Waals surface area contributed by atoms with E-state index in [4.69, 9.17) is 5.73 Å². The molecule has 4 rings (SSSR count). The number of nitrogens with one attached hydrogen (secondary N) is 3. The number of aliphatic imine (C=N–C) groups is 1. The van der Waals surface area contributed by atoms with Gasteiger partial charge in [0.2, 0.25) is 5.91 Å². The molecular weight excluding hydrogens is 618 g/mol. The summed E-state index contributed by atoms with van der Waals surface area (Å²) >= 11 is 0. The van der Waals surface area contributed by atoms with E-state index in [0.29, 0.717) is 12.4 Å². The van der Waals surface area contributed by atoms with Gasteiger partial charge in [-0.2, -0.15) is 5.10 Å². The van der Waals surface area contributed by atoms with Crippen molar-refractivity contribution < 1.29 is 38.2 Å². The van der Waals surface area contributed by atoms with E-state index in [0.717, 1.165) is 12.1 Å². The minimum atomic E-state index is -1.49. The molecule has 0 radical (unpaired) electrons. The van der Waals surface area contributed by atoms with Gasteiger partial charge < -0.3 is 32.0 Å². The third-order valence-electron chi connectivity index (χ3n) is 6.90. The van der Waals surface area contributed by atoms with Gasteiger partial charge in [0.05, 0.1) is 29.0 Å². The van der Waals surface area contributed by atoms with Gasteiger partial charge in [-0.05, 0) is 66.8 Å². The summed E-state index contributed by atoms with van der Waals surface area (Å²) in [5.74, 6) is -5.73. The second kappa shape index (κ2) is 15.3. The summed E-state index contributed by atoms with van der Waals surface area (Å²) in [5, 5.41) is 27.9. The number of aromatic carboxylic acids is 2. The molecule has 0 bridgehead atoms. The van der Waals surface area contributed by atoms with E-state index in [1.54, 1.807) is 23.0 Å². The molecule has 1 aliphatic rings. The number of hydrazone groups is 1. The molecule has 16 heteroatoms. The number of nitrogens with zero attached hydrogens (tertiary/aromatic N) is 4. The molecule has 3 aromatic rings. The molecule has 47 heavy (non-hydrogen) atoms. The number of carboxylic acids is 2. The molecule has 1 aliphatic heterocycles. The standard InChI is InChI=1S/C31H30F2N8O6/c1-35-27(41-11-10-36-16-41)8-7-23(34)28(42)38-25-12-17(21(32)14-19(25)30(44)45)4-2-5-18-13-26(20(31(46)47)15-22(18)33)39-29(43)24-6-3-9-37-40-24/h3,6-8,10-16,23,37H,2,4-5,9,34H2,1H3,(H,38,42)(H,39,43)(H,44,45)(H,46,47)/b8-7-,35-27?. The summed E-state index contributed by atoms with van der Waals surface area (Å²) in [6.45, 7) is 0.416. The van der Waals surface area contributed by atoms with Crippen LogP contribution in [-0.2, 0) is 22.4 Å². The predicted octanol–water partition coefficient (Wildman–Crippen LogP) is 2.59. The second-order valence-corrected chi connectivity index (χ2v) is 10.1. The molecule has 0 saturated carbocycles. The smallest absolute Gasteiger partial charge is 0.337 e. The third-order valence-corrected chi connectivity index (χ3v) is 6.90. The van der Waals surface area contributed by atoms with Crippen LogP contribution in [0.1, 0.15) is 38.3 Å². The fourth-order valence-corrected chi connectivity index (χ4v) is 4.52. The number of imidazole rings is 1. The SMILES string of the molecule is CN=C(/C=C\C(N)C(=O)Nc1cc(CCCc2cc(NC(=O)C3=NNCC=C3)c(C(=O)O)cc2F)c(F)cc1C(=O)O)n1ccnc1. The highest BCUT2D eigenvalue weighted by Crippen LogP contribution is 2.26. The molecule has 0 spiro atoms. The molecule has 7 N–H and O–H groups in total. The van der Waals surface area contributed by atoms with Crippen LogP contribution in [0.15, 0.2) is 77.4 Å². The summed E-state index contributed by atoms with van der Waals surface area (Å²) in [6.07, 6.45) is 10.7. The Morgan fingerprint density at radius 2 is 1.66 bits per heavy atom. The van der Waals surface area contributed by atoms with Crippen LogP contribution in [0.25, 0.3) is 0 Å². The molecule has 2 amide bonds. The fraction of sp³-hybridized carbons (Fsp3) is 0.194. The van der Waals surface area contributed by atoms with E-state index in [9.17, 15) is 38.2 Å². The van der Waals surface area contributed by atoms with Gasteiger partial charge in [0.1, 0.15) is 35.6 Å². The average molecular weight is 649 g/mol. The van der Waals surface area contributed by atoms with Crippen molar-refractivity contribution in [2.75, 3.05) is 24.2 Å². The van der Waals surface area contributed by atoms with Crippen LogP contribution >= 0.6 is 0 Å². The van der Waals surface area contributed by atoms with Crippen molar-refractivity contribution in [3.05, 3.63) is 101 Å². The van der Waals surface area contributed by atoms with E-state index in [2.05, 4.69) is 31.1 Å². The lowest BCUT2D eigenvalue weighted by Crippen LogP contribution is -2.34. The normalized spacial score (nSPS) is 13.5. The molecule has 0 fully saturated rings. The number of allylic oxidation sites excluding steroid dienone is 1. The number of aromatic nitrogens is 2. The summed E-state index contributed by atoms with van der Waals surface area (Å²) in [5.41, 5.74) is 7.32. The molecule has 1 atom stereocenters. The van der Waals surface area contributed by atoms with Gasteiger partial charge in [-0.1, -0.05) is 12.2 Å². The van der Waals surface area contributed by atoms with Crippen LogP contribution in [0.2, 0.25) is 0 Å². The topological polar surface area (TPSA) is 213 Å². The van der Waals surface area contributed by atoms with Gasteiger partial charge >= 0.3 is 11.9 Å². The molecule has 1 aromatic heterocycles. The number of hydrogen-bond donors (Lipinski definition) is 6. The Morgan fingerprint density at radius 3 is 2.17 bits per heavy atom. The Morgan fingerprint density at radius 1 is 1.04 bits per heavy atom. The van der Waals surface area contributed by atoms with Gasteiger partial charge in [-0.3, -0.25) is 19.1 Å². The molecule has 0 aliphatic carbocycles. The largest absolute Gasteiger partial charge is 0.478 e. The number of anilines is 2. The number of benzene rings is 2. The zero-order valence-electron chi connectivity index (χ0n) is 24.9. The molecule has 1 unspecified atom stereocenters. The van der Waals surface area contributed by atoms with Crippen LogP contribution in [0.5, 0.6) is 0 Å². The number of carbonyl (C=O) groups is 4. The summed E-state index contributed by atoms with van der Waals surface area (Å²) < 4.78 is 31.4. The van der Waals surface area contributed by atoms with Crippen molar-refractivity contribution in [1.29, 1.82) is 0 Å². The first-order valence-corrected chi connectivity index (χ1v) is 14.1. The summed E-state index contributed by atoms with van der Waals surface area (Å²) in [7, 11) is 1.53. The molecule has 244 valence electrons.